The van der Waals surface area contributed by atoms with E-state index in [0.717, 1.165) is 5.56 Å². The number of benzene rings is 1. The predicted octanol–water partition coefficient (Wildman–Crippen LogP) is 2.97. The number of carbonyl (C=O) groups excluding carboxylic acids is 1. The summed E-state index contributed by atoms with van der Waals surface area (Å²) in [4.78, 5) is 16.2. The Bertz CT molecular complexity index is 617. The lowest BCUT2D eigenvalue weighted by Crippen LogP contribution is -2.02. The van der Waals surface area contributed by atoms with Gasteiger partial charge in [-0.2, -0.15) is 0 Å². The highest BCUT2D eigenvalue weighted by molar-refractivity contribution is 6.24. The minimum absolute atomic E-state index is 0.401. The van der Waals surface area contributed by atoms with Gasteiger partial charge in [0.05, 0.1) is 17.9 Å². The van der Waals surface area contributed by atoms with Gasteiger partial charge in [0.15, 0.2) is 11.5 Å². The molecule has 0 amide bonds. The van der Waals surface area contributed by atoms with E-state index in [1.165, 1.54) is 0 Å². The molecule has 1 aromatic rings. The lowest BCUT2D eigenvalue weighted by molar-refractivity contribution is -0.136. The molecule has 0 unspecified atom stereocenters. The Kier molecular flexibility index (Phi) is 4.77. The fourth-order valence-electron chi connectivity index (χ4n) is 1.84. The van der Waals surface area contributed by atoms with Crippen LogP contribution in [0, 0.1) is 0 Å². The second kappa shape index (κ2) is 6.74. The first-order chi connectivity index (χ1) is 10.2. The van der Waals surface area contributed by atoms with Crippen LogP contribution in [0.1, 0.15) is 19.4 Å². The predicted molar refractivity (Wildman–Crippen MR) is 80.5 cm³/mol. The average Bonchev–Trinajstić information content (AvgIpc) is 2.79. The van der Waals surface area contributed by atoms with Crippen LogP contribution in [0.25, 0.3) is 6.08 Å². The van der Waals surface area contributed by atoms with Crippen molar-refractivity contribution >= 4 is 17.8 Å². The molecule has 1 aliphatic rings. The van der Waals surface area contributed by atoms with Crippen LogP contribution in [0.5, 0.6) is 11.5 Å². The summed E-state index contributed by atoms with van der Waals surface area (Å²) in [5.41, 5.74) is 1.81. The van der Waals surface area contributed by atoms with Crippen LogP contribution in [0.2, 0.25) is 0 Å². The van der Waals surface area contributed by atoms with Crippen molar-refractivity contribution in [2.24, 2.45) is 5.16 Å². The van der Waals surface area contributed by atoms with Crippen molar-refractivity contribution < 1.29 is 19.1 Å². The summed E-state index contributed by atoms with van der Waals surface area (Å²) in [6.07, 6.45) is 3.38. The highest BCUT2D eigenvalue weighted by Crippen LogP contribution is 2.30. The fraction of sp³-hybridized carbons (Fsp3) is 0.250. The molecule has 1 heterocycles. The highest BCUT2D eigenvalue weighted by Gasteiger charge is 2.21. The van der Waals surface area contributed by atoms with E-state index in [1.54, 1.807) is 25.1 Å². The molecule has 2 rings (SSSR count). The van der Waals surface area contributed by atoms with Gasteiger partial charge in [0.2, 0.25) is 0 Å². The van der Waals surface area contributed by atoms with E-state index in [0.29, 0.717) is 36.0 Å². The monoisotopic (exact) mass is 287 g/mol. The maximum Gasteiger partial charge on any atom is 0.367 e. The molecule has 5 heteroatoms. The largest absolute Gasteiger partial charge is 0.490 e. The van der Waals surface area contributed by atoms with Gasteiger partial charge in [0, 0.05) is 0 Å². The molecular weight excluding hydrogens is 270 g/mol. The van der Waals surface area contributed by atoms with Gasteiger partial charge in [-0.05, 0) is 37.6 Å². The third-order valence-electron chi connectivity index (χ3n) is 2.81. The molecule has 1 aliphatic heterocycles. The smallest absolute Gasteiger partial charge is 0.367 e. The van der Waals surface area contributed by atoms with E-state index in [9.17, 15) is 4.79 Å². The van der Waals surface area contributed by atoms with Gasteiger partial charge in [-0.3, -0.25) is 0 Å². The van der Waals surface area contributed by atoms with Gasteiger partial charge in [-0.15, -0.1) is 0 Å². The van der Waals surface area contributed by atoms with Crippen molar-refractivity contribution in [3.8, 4) is 11.5 Å². The van der Waals surface area contributed by atoms with Crippen LogP contribution in [0.15, 0.2) is 41.6 Å². The number of oxime groups is 1. The van der Waals surface area contributed by atoms with Crippen LogP contribution < -0.4 is 9.47 Å². The molecular formula is C16H17NO4. The van der Waals surface area contributed by atoms with Gasteiger partial charge in [-0.25, -0.2) is 4.79 Å². The van der Waals surface area contributed by atoms with Crippen LogP contribution in [-0.4, -0.2) is 24.9 Å². The van der Waals surface area contributed by atoms with Gasteiger partial charge < -0.3 is 14.3 Å². The molecule has 0 aliphatic carbocycles. The summed E-state index contributed by atoms with van der Waals surface area (Å²) < 4.78 is 11.1. The third kappa shape index (κ3) is 3.51. The number of nitrogens with zero attached hydrogens (tertiary/aromatic N) is 1. The standard InChI is InChI=1S/C16H17NO4/c1-4-8-20-14-7-6-12(10-15(14)19-5-2)9-13-11(3)17-21-16(13)18/h4,6-7,9-10H,1,5,8H2,2-3H3/b13-9-. The maximum absolute atomic E-state index is 11.5. The van der Waals surface area contributed by atoms with Crippen LogP contribution >= 0.6 is 0 Å². The molecule has 0 spiro atoms. The maximum atomic E-state index is 11.5. The Morgan fingerprint density at radius 2 is 2.14 bits per heavy atom. The van der Waals surface area contributed by atoms with Gasteiger partial charge >= 0.3 is 5.97 Å². The molecule has 0 radical (unpaired) electrons. The Morgan fingerprint density at radius 3 is 2.76 bits per heavy atom. The highest BCUT2D eigenvalue weighted by atomic mass is 16.7. The molecule has 110 valence electrons. The number of rotatable bonds is 6. The zero-order valence-electron chi connectivity index (χ0n) is 12.1. The normalized spacial score (nSPS) is 15.6. The molecule has 5 nitrogen and oxygen atoms in total. The number of hydrogen-bond donors (Lipinski definition) is 0. The molecule has 0 fully saturated rings. The minimum Gasteiger partial charge on any atom is -0.490 e. The summed E-state index contributed by atoms with van der Waals surface area (Å²) in [5.74, 6) is 0.811. The topological polar surface area (TPSA) is 57.1 Å². The van der Waals surface area contributed by atoms with Crippen molar-refractivity contribution in [3.63, 3.8) is 0 Å². The molecule has 0 aromatic heterocycles. The van der Waals surface area contributed by atoms with Crippen molar-refractivity contribution in [1.82, 2.24) is 0 Å². The average molecular weight is 287 g/mol. The molecule has 0 atom stereocenters. The zero-order chi connectivity index (χ0) is 15.2. The summed E-state index contributed by atoms with van der Waals surface area (Å²) in [7, 11) is 0. The molecule has 0 saturated carbocycles. The van der Waals surface area contributed by atoms with Crippen LogP contribution in [0.4, 0.5) is 0 Å². The minimum atomic E-state index is -0.447. The number of carbonyl (C=O) groups is 1. The van der Waals surface area contributed by atoms with E-state index in [2.05, 4.69) is 16.6 Å². The quantitative estimate of drug-likeness (QED) is 0.458. The summed E-state index contributed by atoms with van der Waals surface area (Å²) in [6.45, 7) is 8.16. The van der Waals surface area contributed by atoms with Crippen molar-refractivity contribution in [1.29, 1.82) is 0 Å². The lowest BCUT2D eigenvalue weighted by Gasteiger charge is -2.11. The number of ether oxygens (including phenoxy) is 2. The Labute approximate surface area is 123 Å². The zero-order valence-corrected chi connectivity index (χ0v) is 12.1. The first-order valence-electron chi connectivity index (χ1n) is 6.64. The molecule has 0 N–H and O–H groups in total. The van der Waals surface area contributed by atoms with Gasteiger partial charge in [-0.1, -0.05) is 23.9 Å². The first-order valence-corrected chi connectivity index (χ1v) is 6.64. The Balaban J connectivity index is 2.31. The van der Waals surface area contributed by atoms with E-state index in [-0.39, 0.29) is 0 Å². The Hall–Kier alpha value is -2.56. The first kappa shape index (κ1) is 14.8. The van der Waals surface area contributed by atoms with E-state index in [1.807, 2.05) is 19.1 Å². The van der Waals surface area contributed by atoms with Crippen molar-refractivity contribution in [2.75, 3.05) is 13.2 Å². The summed E-state index contributed by atoms with van der Waals surface area (Å²) in [6, 6.07) is 5.45. The summed E-state index contributed by atoms with van der Waals surface area (Å²) in [5, 5.41) is 3.64. The fourth-order valence-corrected chi connectivity index (χ4v) is 1.84. The van der Waals surface area contributed by atoms with E-state index in [4.69, 9.17) is 9.47 Å². The van der Waals surface area contributed by atoms with Crippen LogP contribution in [-0.2, 0) is 9.63 Å². The number of hydrogen-bond acceptors (Lipinski definition) is 5. The second-order valence-electron chi connectivity index (χ2n) is 4.35. The molecule has 0 saturated heterocycles. The third-order valence-corrected chi connectivity index (χ3v) is 2.81. The van der Waals surface area contributed by atoms with E-state index >= 15 is 0 Å². The van der Waals surface area contributed by atoms with Crippen molar-refractivity contribution in [2.45, 2.75) is 13.8 Å². The van der Waals surface area contributed by atoms with E-state index < -0.39 is 5.97 Å². The summed E-state index contributed by atoms with van der Waals surface area (Å²) >= 11 is 0. The van der Waals surface area contributed by atoms with Gasteiger partial charge in [0.25, 0.3) is 0 Å². The molecule has 0 bridgehead atoms. The molecule has 21 heavy (non-hydrogen) atoms. The lowest BCUT2D eigenvalue weighted by atomic mass is 10.1. The second-order valence-corrected chi connectivity index (χ2v) is 4.35. The SMILES string of the molecule is C=CCOc1ccc(/C=C2\C(=O)ON=C2C)cc1OCC. The molecule has 1 aromatic carbocycles. The van der Waals surface area contributed by atoms with Crippen molar-refractivity contribution in [3.05, 3.63) is 42.0 Å². The van der Waals surface area contributed by atoms with Crippen LogP contribution in [0.3, 0.4) is 0 Å². The Morgan fingerprint density at radius 1 is 1.33 bits per heavy atom. The van der Waals surface area contributed by atoms with Gasteiger partial charge in [0.1, 0.15) is 6.61 Å².